The number of nitrogens with one attached hydrogen (secondary N) is 2. The highest BCUT2D eigenvalue weighted by molar-refractivity contribution is 5.91. The van der Waals surface area contributed by atoms with Crippen LogP contribution in [0.4, 0.5) is 4.39 Å². The topological polar surface area (TPSA) is 101 Å². The number of carbonyl (C=O) groups is 3. The Morgan fingerprint density at radius 2 is 1.56 bits per heavy atom. The second-order valence-corrected chi connectivity index (χ2v) is 6.20. The molecule has 27 heavy (non-hydrogen) atoms. The summed E-state index contributed by atoms with van der Waals surface area (Å²) in [5.41, 5.74) is 6.48. The van der Waals surface area contributed by atoms with Crippen LogP contribution in [0.1, 0.15) is 18.1 Å². The summed E-state index contributed by atoms with van der Waals surface area (Å²) in [6.45, 7) is 1.30. The highest BCUT2D eigenvalue weighted by atomic mass is 19.1. The molecule has 3 amide bonds. The molecule has 4 N–H and O–H groups in total. The van der Waals surface area contributed by atoms with E-state index in [9.17, 15) is 18.8 Å². The Balaban J connectivity index is 2.13. The lowest BCUT2D eigenvalue weighted by Crippen LogP contribution is -2.54. The minimum Gasteiger partial charge on any atom is -0.368 e. The van der Waals surface area contributed by atoms with E-state index in [0.29, 0.717) is 0 Å². The normalized spacial score (nSPS) is 12.7. The van der Waals surface area contributed by atoms with Crippen LogP contribution in [0.3, 0.4) is 0 Å². The minimum absolute atomic E-state index is 0.0775. The zero-order valence-electron chi connectivity index (χ0n) is 14.9. The van der Waals surface area contributed by atoms with Gasteiger partial charge in [0.2, 0.25) is 17.7 Å². The smallest absolute Gasteiger partial charge is 0.243 e. The fourth-order valence-corrected chi connectivity index (χ4v) is 2.68. The third-order valence-electron chi connectivity index (χ3n) is 4.02. The average Bonchev–Trinajstić information content (AvgIpc) is 2.62. The zero-order valence-corrected chi connectivity index (χ0v) is 14.9. The summed E-state index contributed by atoms with van der Waals surface area (Å²) >= 11 is 0. The number of primary amides is 1. The number of halogens is 1. The van der Waals surface area contributed by atoms with Crippen LogP contribution in [0.15, 0.2) is 54.6 Å². The van der Waals surface area contributed by atoms with Gasteiger partial charge in [0.05, 0.1) is 0 Å². The van der Waals surface area contributed by atoms with Crippen molar-refractivity contribution in [2.24, 2.45) is 5.73 Å². The quantitative estimate of drug-likeness (QED) is 0.647. The van der Waals surface area contributed by atoms with Crippen LogP contribution >= 0.6 is 0 Å². The van der Waals surface area contributed by atoms with Gasteiger partial charge in [0.25, 0.3) is 0 Å². The molecule has 0 unspecified atom stereocenters. The molecule has 142 valence electrons. The van der Waals surface area contributed by atoms with Gasteiger partial charge in [-0.25, -0.2) is 4.39 Å². The highest BCUT2D eigenvalue weighted by Crippen LogP contribution is 2.10. The molecule has 0 fully saturated rings. The number of amides is 3. The summed E-state index contributed by atoms with van der Waals surface area (Å²) < 4.78 is 13.8. The summed E-state index contributed by atoms with van der Waals surface area (Å²) in [5, 5.41) is 5.09. The number of nitrogens with two attached hydrogens (primary N) is 1. The van der Waals surface area contributed by atoms with Crippen molar-refractivity contribution >= 4 is 17.7 Å². The molecule has 2 rings (SSSR count). The van der Waals surface area contributed by atoms with E-state index in [0.717, 1.165) is 5.56 Å². The lowest BCUT2D eigenvalue weighted by atomic mass is 10.0. The molecule has 0 saturated carbocycles. The zero-order chi connectivity index (χ0) is 19.8. The van der Waals surface area contributed by atoms with Gasteiger partial charge in [0.15, 0.2) is 0 Å². The second kappa shape index (κ2) is 9.47. The number of benzene rings is 2. The fourth-order valence-electron chi connectivity index (χ4n) is 2.68. The molecule has 0 spiro atoms. The molecule has 0 bridgehead atoms. The molecule has 0 aromatic heterocycles. The fraction of sp³-hybridized carbons (Fsp3) is 0.250. The summed E-state index contributed by atoms with van der Waals surface area (Å²) in [7, 11) is 0. The van der Waals surface area contributed by atoms with Crippen molar-refractivity contribution < 1.29 is 18.8 Å². The molecule has 0 aliphatic carbocycles. The first kappa shape index (κ1) is 20.1. The molecule has 0 saturated heterocycles. The maximum atomic E-state index is 13.8. The molecule has 7 heteroatoms. The first-order chi connectivity index (χ1) is 12.9. The van der Waals surface area contributed by atoms with Gasteiger partial charge in [-0.2, -0.15) is 0 Å². The lowest BCUT2D eigenvalue weighted by molar-refractivity contribution is -0.130. The maximum absolute atomic E-state index is 13.8. The molecule has 2 aromatic carbocycles. The molecule has 6 nitrogen and oxygen atoms in total. The first-order valence-corrected chi connectivity index (χ1v) is 8.51. The second-order valence-electron chi connectivity index (χ2n) is 6.20. The summed E-state index contributed by atoms with van der Waals surface area (Å²) in [5.74, 6) is -2.21. The van der Waals surface area contributed by atoms with Crippen molar-refractivity contribution in [1.29, 1.82) is 0 Å². The minimum atomic E-state index is -1.10. The monoisotopic (exact) mass is 371 g/mol. The van der Waals surface area contributed by atoms with Gasteiger partial charge >= 0.3 is 0 Å². The van der Waals surface area contributed by atoms with Gasteiger partial charge in [0, 0.05) is 19.8 Å². The van der Waals surface area contributed by atoms with Gasteiger partial charge in [-0.05, 0) is 17.2 Å². The Morgan fingerprint density at radius 3 is 2.15 bits per heavy atom. The Kier molecular flexibility index (Phi) is 7.05. The van der Waals surface area contributed by atoms with E-state index < -0.39 is 29.7 Å². The number of hydrogen-bond donors (Lipinski definition) is 3. The van der Waals surface area contributed by atoms with Crippen LogP contribution in [0.5, 0.6) is 0 Å². The van der Waals surface area contributed by atoms with E-state index in [2.05, 4.69) is 10.6 Å². The van der Waals surface area contributed by atoms with Crippen molar-refractivity contribution in [1.82, 2.24) is 10.6 Å². The predicted octanol–water partition coefficient (Wildman–Crippen LogP) is 1.09. The van der Waals surface area contributed by atoms with Crippen LogP contribution in [0.2, 0.25) is 0 Å². The molecule has 0 aliphatic rings. The number of hydrogen-bond acceptors (Lipinski definition) is 3. The van der Waals surface area contributed by atoms with Crippen LogP contribution < -0.4 is 16.4 Å². The Labute approximate surface area is 156 Å². The standard InChI is InChI=1S/C20H22FN3O3/c1-13(25)23-18(11-14-7-3-2-4-8-14)20(27)24-17(19(22)26)12-15-9-5-6-10-16(15)21/h2-10,17-18H,11-12H2,1H3,(H2,22,26)(H,23,25)(H,24,27)/t17-,18-/m1/s1. The van der Waals surface area contributed by atoms with E-state index >= 15 is 0 Å². The Morgan fingerprint density at radius 1 is 0.926 bits per heavy atom. The van der Waals surface area contributed by atoms with Crippen molar-refractivity contribution in [3.8, 4) is 0 Å². The van der Waals surface area contributed by atoms with Gasteiger partial charge in [-0.15, -0.1) is 0 Å². The molecule has 0 radical (unpaired) electrons. The third-order valence-corrected chi connectivity index (χ3v) is 4.02. The molecular formula is C20H22FN3O3. The SMILES string of the molecule is CC(=O)N[C@H](Cc1ccccc1)C(=O)N[C@H](Cc1ccccc1F)C(N)=O. The van der Waals surface area contributed by atoms with E-state index in [1.165, 1.54) is 25.1 Å². The molecule has 0 aliphatic heterocycles. The van der Waals surface area contributed by atoms with Crippen molar-refractivity contribution in [3.63, 3.8) is 0 Å². The van der Waals surface area contributed by atoms with Crippen molar-refractivity contribution in [2.75, 3.05) is 0 Å². The Bertz CT molecular complexity index is 811. The van der Waals surface area contributed by atoms with Crippen LogP contribution in [-0.4, -0.2) is 29.8 Å². The summed E-state index contributed by atoms with van der Waals surface area (Å²) in [4.78, 5) is 35.9. The van der Waals surface area contributed by atoms with Crippen LogP contribution in [-0.2, 0) is 27.2 Å². The first-order valence-electron chi connectivity index (χ1n) is 8.51. The highest BCUT2D eigenvalue weighted by Gasteiger charge is 2.26. The molecular weight excluding hydrogens is 349 g/mol. The molecule has 0 heterocycles. The van der Waals surface area contributed by atoms with E-state index in [1.54, 1.807) is 6.07 Å². The van der Waals surface area contributed by atoms with E-state index in [1.807, 2.05) is 30.3 Å². The third kappa shape index (κ3) is 6.22. The summed E-state index contributed by atoms with van der Waals surface area (Å²) in [6, 6.07) is 13.1. The van der Waals surface area contributed by atoms with Gasteiger partial charge in [-0.1, -0.05) is 48.5 Å². The van der Waals surface area contributed by atoms with Gasteiger partial charge in [0.1, 0.15) is 17.9 Å². The van der Waals surface area contributed by atoms with Crippen molar-refractivity contribution in [3.05, 3.63) is 71.5 Å². The van der Waals surface area contributed by atoms with E-state index in [-0.39, 0.29) is 24.3 Å². The molecule has 2 aromatic rings. The van der Waals surface area contributed by atoms with E-state index in [4.69, 9.17) is 5.73 Å². The number of rotatable bonds is 8. The van der Waals surface area contributed by atoms with Crippen LogP contribution in [0.25, 0.3) is 0 Å². The predicted molar refractivity (Wildman–Crippen MR) is 99.0 cm³/mol. The van der Waals surface area contributed by atoms with Crippen molar-refractivity contribution in [2.45, 2.75) is 31.8 Å². The maximum Gasteiger partial charge on any atom is 0.243 e. The Hall–Kier alpha value is -3.22. The largest absolute Gasteiger partial charge is 0.368 e. The number of carbonyl (C=O) groups excluding carboxylic acids is 3. The lowest BCUT2D eigenvalue weighted by Gasteiger charge is -2.22. The molecule has 2 atom stereocenters. The van der Waals surface area contributed by atoms with Gasteiger partial charge < -0.3 is 16.4 Å². The van der Waals surface area contributed by atoms with Crippen LogP contribution in [0, 0.1) is 5.82 Å². The average molecular weight is 371 g/mol. The van der Waals surface area contributed by atoms with Gasteiger partial charge in [-0.3, -0.25) is 14.4 Å². The summed E-state index contributed by atoms with van der Waals surface area (Å²) in [6.07, 6.45) is 0.170.